The second-order valence-corrected chi connectivity index (χ2v) is 46.1. The average molecular weight is 1860 g/mol. The molecule has 760 valence electrons. The zero-order chi connectivity index (χ0) is 86.6. The summed E-state index contributed by atoms with van der Waals surface area (Å²) >= 11 is 0. The molecular weight excluding hydrogens is 1670 g/mol. The van der Waals surface area contributed by atoms with Gasteiger partial charge in [0.15, 0.2) is 27.2 Å². The molecule has 0 aromatic rings. The van der Waals surface area contributed by atoms with E-state index in [-0.39, 0.29) is 206 Å². The van der Waals surface area contributed by atoms with Gasteiger partial charge in [0.25, 0.3) is 0 Å². The van der Waals surface area contributed by atoms with Crippen LogP contribution in [0.2, 0.25) is 0 Å². The molecule has 0 saturated heterocycles. The van der Waals surface area contributed by atoms with Crippen molar-refractivity contribution in [3.05, 3.63) is 0 Å². The zero-order valence-electron chi connectivity index (χ0n) is 77.6. The highest BCUT2D eigenvalue weighted by Crippen LogP contribution is 2.74. The van der Waals surface area contributed by atoms with Gasteiger partial charge in [0.05, 0.1) is 71.8 Å². The maximum absolute atomic E-state index is 12.9. The van der Waals surface area contributed by atoms with Crippen LogP contribution in [0.3, 0.4) is 0 Å². The smallest absolute Gasteiger partial charge is 0.311 e. The van der Waals surface area contributed by atoms with E-state index in [1.54, 1.807) is 0 Å². The van der Waals surface area contributed by atoms with E-state index in [2.05, 4.69) is 0 Å². The van der Waals surface area contributed by atoms with Crippen LogP contribution in [0, 0.1) is 200 Å². The third-order valence-corrected chi connectivity index (χ3v) is 39.0. The Hall–Kier alpha value is -4.40. The van der Waals surface area contributed by atoms with Crippen molar-refractivity contribution in [1.82, 2.24) is 0 Å². The minimum atomic E-state index is -0.417. The molecule has 20 nitrogen and oxygen atoms in total. The second kappa shape index (κ2) is 48.2. The van der Waals surface area contributed by atoms with Crippen molar-refractivity contribution in [2.45, 2.75) is 422 Å². The lowest BCUT2D eigenvalue weighted by Gasteiger charge is -2.41. The number of ether oxygens (including phenoxy) is 12. The van der Waals surface area contributed by atoms with Crippen LogP contribution in [0.1, 0.15) is 385 Å². The second-order valence-electron chi connectivity index (χ2n) is 46.1. The van der Waals surface area contributed by atoms with Gasteiger partial charge in [-0.25, -0.2) is 0 Å². The molecule has 0 radical (unpaired) electrons. The Kier molecular flexibility index (Phi) is 40.6. The van der Waals surface area contributed by atoms with Crippen molar-refractivity contribution in [2.75, 3.05) is 40.4 Å². The Morgan fingerprint density at radius 2 is 0.515 bits per heavy atom. The van der Waals surface area contributed by atoms with Gasteiger partial charge in [0.2, 0.25) is 0 Å². The summed E-state index contributed by atoms with van der Waals surface area (Å²) in [6.45, 7) is 21.9. The fourth-order valence-electron chi connectivity index (χ4n) is 32.1. The Bertz CT molecular complexity index is 3660. The van der Waals surface area contributed by atoms with E-state index in [0.717, 1.165) is 165 Å². The summed E-state index contributed by atoms with van der Waals surface area (Å²) < 4.78 is 69.6. The van der Waals surface area contributed by atoms with Crippen LogP contribution in [0.5, 0.6) is 0 Å². The third kappa shape index (κ3) is 22.9. The molecule has 34 unspecified atom stereocenters. The lowest BCUT2D eigenvalue weighted by Crippen LogP contribution is -2.43. The zero-order valence-corrected chi connectivity index (χ0v) is 77.6. The Labute approximate surface area is 801 Å². The van der Waals surface area contributed by atoms with Crippen LogP contribution in [0.15, 0.2) is 0 Å². The van der Waals surface area contributed by atoms with Gasteiger partial charge < -0.3 is 56.8 Å². The number of carbonyl (C=O) groups is 8. The number of rotatable bonds is 30. The average Bonchev–Trinajstić information content (AvgIpc) is 1.56. The maximum Gasteiger partial charge on any atom is 0.311 e. The van der Waals surface area contributed by atoms with Crippen LogP contribution < -0.4 is 0 Å². The highest BCUT2D eigenvalue weighted by atomic mass is 16.7. The number of carbonyl (C=O) groups excluding carboxylic acids is 8. The van der Waals surface area contributed by atoms with Crippen molar-refractivity contribution in [3.63, 3.8) is 0 Å². The van der Waals surface area contributed by atoms with Crippen LogP contribution in [-0.2, 0) is 95.2 Å². The van der Waals surface area contributed by atoms with Crippen molar-refractivity contribution in [1.29, 1.82) is 0 Å². The number of hydrogen-bond acceptors (Lipinski definition) is 20. The predicted octanol–water partition coefficient (Wildman–Crippen LogP) is 25.3. The van der Waals surface area contributed by atoms with Gasteiger partial charge in [-0.1, -0.05) is 178 Å². The summed E-state index contributed by atoms with van der Waals surface area (Å²) in [4.78, 5) is 102. The summed E-state index contributed by atoms with van der Waals surface area (Å²) in [5, 5.41) is 0. The fourth-order valence-corrected chi connectivity index (χ4v) is 32.1. The summed E-state index contributed by atoms with van der Waals surface area (Å²) in [7, 11) is 0. The third-order valence-electron chi connectivity index (χ3n) is 39.0. The molecule has 0 spiro atoms. The fraction of sp³-hybridized carbons (Fsp3) is 0.929. The highest BCUT2D eigenvalue weighted by molar-refractivity contribution is 5.78. The molecule has 34 atom stereocenters. The largest absolute Gasteiger partial charge is 0.462 e. The van der Waals surface area contributed by atoms with E-state index >= 15 is 0 Å². The standard InChI is InChI=1S/C27H42O5.2C26H40O5.C25H38O5.8CH4/c1-4-27(2,3)26(29)32-22-13-18-12-21(22)24-19-10-17(23(18)24)11-20(19)25(28)31-15-30-14-16-8-6-5-7-9-16;1-4-26(2,3)25(28)31-21-13-16-12-20(21)23-18-10-15(22(16)23)11-19(18)24(27)30-14-29-17-8-6-5-7-9-17;1-3-15(2)25(27)31-22-12-18-11-21(22)24-19-9-17(23(18)24)10-20(19)26(28)30-14-29-13-16-7-5-4-6-8-16;1-3-14(2)24(26)30-21-12-16-11-20(21)23-18-9-15(22(16)23)10-19(18)25(27)29-13-28-17-7-5-4-6-8-17;;;;;;;;/h16-24H,4-15H2,1-3H3;15-23H,4-14H2,1-3H3;15-24H,3-14H2,1-2H3;14-23H,3-13H2,1-2H3;8*1H4. The van der Waals surface area contributed by atoms with E-state index in [1.807, 2.05) is 69.2 Å². The molecule has 0 heterocycles. The normalized spacial score (nSPS) is 39.1. The molecule has 20 aliphatic carbocycles. The van der Waals surface area contributed by atoms with E-state index < -0.39 is 10.8 Å². The molecule has 0 N–H and O–H groups in total. The van der Waals surface area contributed by atoms with Gasteiger partial charge >= 0.3 is 47.8 Å². The Morgan fingerprint density at radius 3 is 0.773 bits per heavy atom. The maximum atomic E-state index is 12.9. The Balaban J connectivity index is 0.000000194. The molecule has 132 heavy (non-hydrogen) atoms. The molecule has 0 amide bonds. The minimum Gasteiger partial charge on any atom is -0.462 e. The van der Waals surface area contributed by atoms with Gasteiger partial charge in [0.1, 0.15) is 24.4 Å². The van der Waals surface area contributed by atoms with Gasteiger partial charge in [0, 0.05) is 0 Å². The van der Waals surface area contributed by atoms with Gasteiger partial charge in [-0.05, 0) is 361 Å². The van der Waals surface area contributed by atoms with Crippen molar-refractivity contribution in [2.24, 2.45) is 200 Å². The first-order chi connectivity index (χ1) is 59.9. The van der Waals surface area contributed by atoms with Crippen molar-refractivity contribution in [3.8, 4) is 0 Å². The lowest BCUT2D eigenvalue weighted by atomic mass is 9.66. The van der Waals surface area contributed by atoms with Crippen LogP contribution in [-0.4, -0.2) is 125 Å². The number of hydrogen-bond donors (Lipinski definition) is 0. The quantitative estimate of drug-likeness (QED) is 0.0213. The molecule has 20 heteroatoms. The molecule has 16 bridgehead atoms. The van der Waals surface area contributed by atoms with Gasteiger partial charge in [-0.3, -0.25) is 38.4 Å². The van der Waals surface area contributed by atoms with Crippen LogP contribution in [0.25, 0.3) is 0 Å². The van der Waals surface area contributed by atoms with E-state index in [9.17, 15) is 38.4 Å². The molecule has 20 fully saturated rings. The highest BCUT2D eigenvalue weighted by Gasteiger charge is 2.71. The topological polar surface area (TPSA) is 247 Å². The molecular formula is C112H192O20. The van der Waals surface area contributed by atoms with Crippen molar-refractivity contribution >= 4 is 47.8 Å². The Morgan fingerprint density at radius 1 is 0.280 bits per heavy atom. The van der Waals surface area contributed by atoms with Gasteiger partial charge in [-0.15, -0.1) is 0 Å². The molecule has 20 rings (SSSR count). The van der Waals surface area contributed by atoms with Crippen molar-refractivity contribution < 1.29 is 95.2 Å². The molecule has 20 saturated carbocycles. The van der Waals surface area contributed by atoms with E-state index in [4.69, 9.17) is 56.8 Å². The summed E-state index contributed by atoms with van der Waals surface area (Å²) in [5.41, 5.74) is -0.833. The lowest BCUT2D eigenvalue weighted by molar-refractivity contribution is -0.173. The number of fused-ring (bicyclic) bond motifs is 36. The molecule has 20 aliphatic rings. The van der Waals surface area contributed by atoms with E-state index in [0.29, 0.717) is 130 Å². The van der Waals surface area contributed by atoms with Crippen LogP contribution in [0.4, 0.5) is 0 Å². The molecule has 0 aromatic heterocycles. The first-order valence-corrected chi connectivity index (χ1v) is 51.8. The molecule has 0 aromatic carbocycles. The summed E-state index contributed by atoms with van der Waals surface area (Å²) in [5.74, 6) is 14.9. The first-order valence-electron chi connectivity index (χ1n) is 51.8. The first kappa shape index (κ1) is 111. The SMILES string of the molecule is C.C.C.C.C.C.C.C.CCC(C)(C)C(=O)OC1CC2CC1C1C3CC(CC3C(=O)OCOC3CCCCC3)C21.CCC(C)(C)C(=O)OC1CC2CC1C1C3CC(CC3C(=O)OCOCC3CCCCC3)C21.CCC(C)C(=O)OC1CC2CC1C1C3CC(CC3C(=O)OCOC3CCCCC3)C21.CCC(C)C(=O)OC1CC2CC1C1C3CC(CC3C(=O)OCOCC3CCCCC3)C21. The number of esters is 8. The van der Waals surface area contributed by atoms with Crippen LogP contribution >= 0.6 is 0 Å². The minimum absolute atomic E-state index is 0. The summed E-state index contributed by atoms with van der Waals surface area (Å²) in [6, 6.07) is 0. The monoisotopic (exact) mass is 1860 g/mol. The summed E-state index contributed by atoms with van der Waals surface area (Å²) in [6.07, 6.45) is 46.2. The van der Waals surface area contributed by atoms with Gasteiger partial charge in [-0.2, -0.15) is 0 Å². The predicted molar refractivity (Wildman–Crippen MR) is 517 cm³/mol. The van der Waals surface area contributed by atoms with E-state index in [1.165, 1.54) is 128 Å². The molecule has 0 aliphatic heterocycles.